The van der Waals surface area contributed by atoms with Crippen molar-refractivity contribution in [3.05, 3.63) is 95.9 Å². The number of rotatable bonds is 6. The standard InChI is InChI=1S/C27H24FN5O2/c1-17-2-4-18(5-3-17)25-24(16-33(32-25)23-14-6-19(28)7-15-23)26(34)29-20-8-10-21(11-9-20)30-27(35)31-22-12-13-22/h2-11,14-16,22H,12-13H2,1H3,(H,29,34)(H2,30,31,35). The summed E-state index contributed by atoms with van der Waals surface area (Å²) in [4.78, 5) is 25.2. The molecule has 1 aliphatic rings. The van der Waals surface area contributed by atoms with E-state index >= 15 is 0 Å². The summed E-state index contributed by atoms with van der Waals surface area (Å²) in [5, 5.41) is 13.2. The molecule has 1 fully saturated rings. The summed E-state index contributed by atoms with van der Waals surface area (Å²) in [5.41, 5.74) is 4.63. The summed E-state index contributed by atoms with van der Waals surface area (Å²) >= 11 is 0. The number of nitrogens with one attached hydrogen (secondary N) is 3. The summed E-state index contributed by atoms with van der Waals surface area (Å²) in [6.45, 7) is 1.99. The smallest absolute Gasteiger partial charge is 0.319 e. The van der Waals surface area contributed by atoms with Crippen LogP contribution in [-0.4, -0.2) is 27.8 Å². The van der Waals surface area contributed by atoms with E-state index in [-0.39, 0.29) is 23.8 Å². The zero-order valence-corrected chi connectivity index (χ0v) is 19.1. The van der Waals surface area contributed by atoms with Gasteiger partial charge in [-0.3, -0.25) is 4.79 Å². The van der Waals surface area contributed by atoms with E-state index in [2.05, 4.69) is 21.0 Å². The normalized spacial score (nSPS) is 12.7. The van der Waals surface area contributed by atoms with Gasteiger partial charge in [0, 0.05) is 29.2 Å². The van der Waals surface area contributed by atoms with E-state index in [9.17, 15) is 14.0 Å². The largest absolute Gasteiger partial charge is 0.335 e. The van der Waals surface area contributed by atoms with E-state index in [0.717, 1.165) is 24.0 Å². The van der Waals surface area contributed by atoms with Crippen molar-refractivity contribution in [1.29, 1.82) is 0 Å². The van der Waals surface area contributed by atoms with Crippen molar-refractivity contribution in [2.24, 2.45) is 0 Å². The lowest BCUT2D eigenvalue weighted by atomic mass is 10.1. The van der Waals surface area contributed by atoms with Gasteiger partial charge in [-0.15, -0.1) is 0 Å². The molecule has 0 unspecified atom stereocenters. The Hall–Kier alpha value is -4.46. The molecule has 5 rings (SSSR count). The predicted molar refractivity (Wildman–Crippen MR) is 133 cm³/mol. The van der Waals surface area contributed by atoms with Gasteiger partial charge in [0.25, 0.3) is 5.91 Å². The molecule has 176 valence electrons. The van der Waals surface area contributed by atoms with E-state index in [1.807, 2.05) is 31.2 Å². The number of aromatic nitrogens is 2. The van der Waals surface area contributed by atoms with Gasteiger partial charge in [0.05, 0.1) is 11.3 Å². The number of nitrogens with zero attached hydrogens (tertiary/aromatic N) is 2. The maximum atomic E-state index is 13.4. The molecule has 1 aromatic heterocycles. The number of benzene rings is 3. The first-order valence-electron chi connectivity index (χ1n) is 11.4. The minimum Gasteiger partial charge on any atom is -0.335 e. The number of hydrogen-bond donors (Lipinski definition) is 3. The molecule has 0 bridgehead atoms. The Kier molecular flexibility index (Phi) is 6.01. The molecule has 8 heteroatoms. The maximum absolute atomic E-state index is 13.4. The fourth-order valence-electron chi connectivity index (χ4n) is 3.61. The summed E-state index contributed by atoms with van der Waals surface area (Å²) in [6.07, 6.45) is 3.66. The first kappa shape index (κ1) is 22.3. The van der Waals surface area contributed by atoms with Crippen molar-refractivity contribution in [2.75, 3.05) is 10.6 Å². The molecule has 3 N–H and O–H groups in total. The molecular weight excluding hydrogens is 445 g/mol. The van der Waals surface area contributed by atoms with Gasteiger partial charge in [-0.05, 0) is 68.3 Å². The van der Waals surface area contributed by atoms with Crippen LogP contribution in [0.2, 0.25) is 0 Å². The Balaban J connectivity index is 1.38. The Morgan fingerprint density at radius 3 is 2.14 bits per heavy atom. The lowest BCUT2D eigenvalue weighted by Crippen LogP contribution is -2.30. The Morgan fingerprint density at radius 2 is 1.51 bits per heavy atom. The van der Waals surface area contributed by atoms with Crippen LogP contribution in [-0.2, 0) is 0 Å². The van der Waals surface area contributed by atoms with E-state index in [1.165, 1.54) is 12.1 Å². The molecule has 0 spiro atoms. The number of hydrogen-bond acceptors (Lipinski definition) is 3. The zero-order chi connectivity index (χ0) is 24.4. The van der Waals surface area contributed by atoms with E-state index in [1.54, 1.807) is 47.3 Å². The molecule has 3 amide bonds. The highest BCUT2D eigenvalue weighted by Gasteiger charge is 2.23. The third-order valence-electron chi connectivity index (χ3n) is 5.69. The molecular formula is C27H24FN5O2. The number of carbonyl (C=O) groups excluding carboxylic acids is 2. The first-order valence-corrected chi connectivity index (χ1v) is 11.4. The van der Waals surface area contributed by atoms with Crippen LogP contribution in [0, 0.1) is 12.7 Å². The lowest BCUT2D eigenvalue weighted by molar-refractivity contribution is 0.102. The number of aryl methyl sites for hydroxylation is 1. The van der Waals surface area contributed by atoms with E-state index in [4.69, 9.17) is 0 Å². The van der Waals surface area contributed by atoms with Crippen LogP contribution in [0.1, 0.15) is 28.8 Å². The van der Waals surface area contributed by atoms with Crippen LogP contribution in [0.3, 0.4) is 0 Å². The fourth-order valence-corrected chi connectivity index (χ4v) is 3.61. The number of anilines is 2. The molecule has 7 nitrogen and oxygen atoms in total. The minimum atomic E-state index is -0.347. The molecule has 1 saturated carbocycles. The number of amides is 3. The molecule has 0 aliphatic heterocycles. The summed E-state index contributed by atoms with van der Waals surface area (Å²) in [7, 11) is 0. The van der Waals surface area contributed by atoms with Crippen molar-refractivity contribution in [3.63, 3.8) is 0 Å². The number of halogens is 1. The zero-order valence-electron chi connectivity index (χ0n) is 19.1. The molecule has 3 aromatic carbocycles. The average molecular weight is 470 g/mol. The quantitative estimate of drug-likeness (QED) is 0.347. The minimum absolute atomic E-state index is 0.236. The maximum Gasteiger partial charge on any atom is 0.319 e. The molecule has 0 radical (unpaired) electrons. The molecule has 1 heterocycles. The Labute approximate surface area is 202 Å². The van der Waals surface area contributed by atoms with Crippen molar-refractivity contribution in [2.45, 2.75) is 25.8 Å². The first-order chi connectivity index (χ1) is 16.9. The van der Waals surface area contributed by atoms with Crippen molar-refractivity contribution in [3.8, 4) is 16.9 Å². The van der Waals surface area contributed by atoms with Gasteiger partial charge in [-0.1, -0.05) is 29.8 Å². The van der Waals surface area contributed by atoms with E-state index < -0.39 is 0 Å². The molecule has 0 atom stereocenters. The van der Waals surface area contributed by atoms with Gasteiger partial charge in [0.15, 0.2) is 0 Å². The highest BCUT2D eigenvalue weighted by atomic mass is 19.1. The van der Waals surface area contributed by atoms with Gasteiger partial charge in [-0.2, -0.15) is 5.10 Å². The second kappa shape index (κ2) is 9.42. The third-order valence-corrected chi connectivity index (χ3v) is 5.69. The molecule has 35 heavy (non-hydrogen) atoms. The SMILES string of the molecule is Cc1ccc(-c2nn(-c3ccc(F)cc3)cc2C(=O)Nc2ccc(NC(=O)NC3CC3)cc2)cc1. The van der Waals surface area contributed by atoms with Gasteiger partial charge in [-0.25, -0.2) is 13.9 Å². The van der Waals surface area contributed by atoms with E-state index in [0.29, 0.717) is 28.3 Å². The summed E-state index contributed by atoms with van der Waals surface area (Å²) < 4.78 is 15.0. The van der Waals surface area contributed by atoms with Gasteiger partial charge < -0.3 is 16.0 Å². The van der Waals surface area contributed by atoms with Crippen LogP contribution in [0.25, 0.3) is 16.9 Å². The second-order valence-corrected chi connectivity index (χ2v) is 8.58. The highest BCUT2D eigenvalue weighted by molar-refractivity contribution is 6.08. The average Bonchev–Trinajstić information content (AvgIpc) is 3.55. The molecule has 4 aromatic rings. The highest BCUT2D eigenvalue weighted by Crippen LogP contribution is 2.26. The fraction of sp³-hybridized carbons (Fsp3) is 0.148. The van der Waals surface area contributed by atoms with Crippen LogP contribution >= 0.6 is 0 Å². The summed E-state index contributed by atoms with van der Waals surface area (Å²) in [6, 6.07) is 20.6. The topological polar surface area (TPSA) is 88.1 Å². The van der Waals surface area contributed by atoms with Crippen LogP contribution in [0.15, 0.2) is 79.0 Å². The van der Waals surface area contributed by atoms with Crippen LogP contribution in [0.4, 0.5) is 20.6 Å². The predicted octanol–water partition coefficient (Wildman–Crippen LogP) is 5.52. The number of urea groups is 1. The van der Waals surface area contributed by atoms with Gasteiger partial charge >= 0.3 is 6.03 Å². The van der Waals surface area contributed by atoms with Crippen LogP contribution < -0.4 is 16.0 Å². The number of carbonyl (C=O) groups is 2. The molecule has 1 aliphatic carbocycles. The third kappa shape index (κ3) is 5.38. The summed E-state index contributed by atoms with van der Waals surface area (Å²) in [5.74, 6) is -0.679. The Morgan fingerprint density at radius 1 is 0.886 bits per heavy atom. The van der Waals surface area contributed by atoms with Crippen LogP contribution in [0.5, 0.6) is 0 Å². The van der Waals surface area contributed by atoms with Crippen molar-refractivity contribution < 1.29 is 14.0 Å². The second-order valence-electron chi connectivity index (χ2n) is 8.58. The van der Waals surface area contributed by atoms with Crippen molar-refractivity contribution in [1.82, 2.24) is 15.1 Å². The monoisotopic (exact) mass is 469 g/mol. The molecule has 0 saturated heterocycles. The Bertz CT molecular complexity index is 1360. The lowest BCUT2D eigenvalue weighted by Gasteiger charge is -2.09. The van der Waals surface area contributed by atoms with Crippen molar-refractivity contribution >= 4 is 23.3 Å². The van der Waals surface area contributed by atoms with Gasteiger partial charge in [0.1, 0.15) is 11.5 Å². The van der Waals surface area contributed by atoms with Gasteiger partial charge in [0.2, 0.25) is 0 Å².